The molecule has 0 saturated heterocycles. The molecule has 1 aromatic heterocycles. The molecule has 0 fully saturated rings. The normalized spacial score (nSPS) is 14.5. The largest absolute Gasteiger partial charge is 0.454 e. The number of aromatic nitrogens is 1. The van der Waals surface area contributed by atoms with Gasteiger partial charge >= 0.3 is 5.97 Å². The topological polar surface area (TPSA) is 96.5 Å². The highest BCUT2D eigenvalue weighted by atomic mass is 16.5. The molecule has 0 aliphatic carbocycles. The molecule has 1 atom stereocenters. The molecular formula is C23H20N2O5. The van der Waals surface area contributed by atoms with Crippen molar-refractivity contribution in [1.29, 1.82) is 0 Å². The molecular weight excluding hydrogens is 384 g/mol. The number of fused-ring (bicyclic) bond motifs is 2. The quantitative estimate of drug-likeness (QED) is 0.387. The second-order valence-corrected chi connectivity index (χ2v) is 7.18. The lowest BCUT2D eigenvalue weighted by Gasteiger charge is -2.26. The van der Waals surface area contributed by atoms with E-state index in [-0.39, 0.29) is 31.1 Å². The van der Waals surface area contributed by atoms with Crippen LogP contribution in [-0.2, 0) is 20.7 Å². The molecule has 1 aliphatic heterocycles. The lowest BCUT2D eigenvalue weighted by Crippen LogP contribution is -2.43. The van der Waals surface area contributed by atoms with Gasteiger partial charge in [0.1, 0.15) is 0 Å². The number of hydrogen-bond acceptors (Lipinski definition) is 5. The zero-order valence-electron chi connectivity index (χ0n) is 16.4. The predicted molar refractivity (Wildman–Crippen MR) is 109 cm³/mol. The molecule has 7 nitrogen and oxygen atoms in total. The number of ketones is 1. The van der Waals surface area contributed by atoms with E-state index in [2.05, 4.69) is 4.98 Å². The van der Waals surface area contributed by atoms with E-state index >= 15 is 0 Å². The Morgan fingerprint density at radius 1 is 1.10 bits per heavy atom. The predicted octanol–water partition coefficient (Wildman–Crippen LogP) is 2.90. The summed E-state index contributed by atoms with van der Waals surface area (Å²) in [4.78, 5) is 53.9. The van der Waals surface area contributed by atoms with Gasteiger partial charge in [-0.2, -0.15) is 0 Å². The molecule has 7 heteroatoms. The minimum atomic E-state index is -0.981. The van der Waals surface area contributed by atoms with Crippen molar-refractivity contribution in [1.82, 2.24) is 9.88 Å². The third kappa shape index (κ3) is 3.61. The summed E-state index contributed by atoms with van der Waals surface area (Å²) in [5, 5.41) is 0.758. The lowest BCUT2D eigenvalue weighted by molar-refractivity contribution is -0.146. The molecule has 0 saturated carbocycles. The summed E-state index contributed by atoms with van der Waals surface area (Å²) in [6.45, 7) is 1.42. The minimum absolute atomic E-state index is 0.0845. The van der Waals surface area contributed by atoms with E-state index < -0.39 is 18.0 Å². The number of esters is 1. The van der Waals surface area contributed by atoms with Crippen molar-refractivity contribution in [2.24, 2.45) is 0 Å². The van der Waals surface area contributed by atoms with E-state index in [1.165, 1.54) is 6.92 Å². The second-order valence-electron chi connectivity index (χ2n) is 7.18. The van der Waals surface area contributed by atoms with Crippen molar-refractivity contribution in [2.75, 3.05) is 6.54 Å². The second kappa shape index (κ2) is 7.94. The third-order valence-electron chi connectivity index (χ3n) is 5.21. The number of amides is 2. The molecule has 4 rings (SSSR count). The van der Waals surface area contributed by atoms with Crippen molar-refractivity contribution >= 4 is 34.5 Å². The van der Waals surface area contributed by atoms with E-state index in [9.17, 15) is 19.2 Å². The van der Waals surface area contributed by atoms with Crippen molar-refractivity contribution in [2.45, 2.75) is 25.9 Å². The molecule has 30 heavy (non-hydrogen) atoms. The number of benzene rings is 2. The van der Waals surface area contributed by atoms with Gasteiger partial charge in [-0.05, 0) is 24.6 Å². The van der Waals surface area contributed by atoms with Gasteiger partial charge in [-0.15, -0.1) is 0 Å². The zero-order chi connectivity index (χ0) is 21.3. The fraction of sp³-hybridized carbons (Fsp3) is 0.217. The van der Waals surface area contributed by atoms with Crippen LogP contribution in [0.15, 0.2) is 54.7 Å². The number of nitrogens with zero attached hydrogens (tertiary/aromatic N) is 1. The van der Waals surface area contributed by atoms with Gasteiger partial charge in [0.25, 0.3) is 5.91 Å². The van der Waals surface area contributed by atoms with E-state index in [0.717, 1.165) is 15.8 Å². The lowest BCUT2D eigenvalue weighted by atomic mass is 9.98. The Balaban J connectivity index is 1.37. The highest BCUT2D eigenvalue weighted by Crippen LogP contribution is 2.21. The number of carbonyl (C=O) groups excluding carboxylic acids is 4. The Kier molecular flexibility index (Phi) is 5.18. The molecule has 0 bridgehead atoms. The third-order valence-corrected chi connectivity index (χ3v) is 5.21. The molecule has 0 unspecified atom stereocenters. The summed E-state index contributed by atoms with van der Waals surface area (Å²) in [5.41, 5.74) is 2.42. The molecule has 0 spiro atoms. The first-order valence-electron chi connectivity index (χ1n) is 9.68. The maximum atomic E-state index is 12.7. The number of para-hydroxylation sites is 1. The molecule has 3 aromatic rings. The van der Waals surface area contributed by atoms with Crippen LogP contribution >= 0.6 is 0 Å². The summed E-state index contributed by atoms with van der Waals surface area (Å²) in [6, 6.07) is 14.3. The van der Waals surface area contributed by atoms with Gasteiger partial charge in [-0.3, -0.25) is 24.1 Å². The molecule has 152 valence electrons. The first kappa shape index (κ1) is 19.6. The van der Waals surface area contributed by atoms with Crippen molar-refractivity contribution in [3.05, 3.63) is 71.4 Å². The van der Waals surface area contributed by atoms with Gasteiger partial charge < -0.3 is 9.72 Å². The van der Waals surface area contributed by atoms with Gasteiger partial charge in [0.2, 0.25) is 11.7 Å². The summed E-state index contributed by atoms with van der Waals surface area (Å²) in [6.07, 6.45) is 0.558. The number of aromatic amines is 1. The van der Waals surface area contributed by atoms with Crippen LogP contribution in [0.4, 0.5) is 0 Å². The summed E-state index contributed by atoms with van der Waals surface area (Å²) in [7, 11) is 0. The SMILES string of the molecule is C[C@H](OC(=O)CCN1C(=O)Cc2ccccc2C1=O)C(=O)c1c[nH]c2ccccc12. The Morgan fingerprint density at radius 2 is 1.83 bits per heavy atom. The maximum Gasteiger partial charge on any atom is 0.308 e. The number of hydrogen-bond donors (Lipinski definition) is 1. The van der Waals surface area contributed by atoms with Crippen LogP contribution in [-0.4, -0.2) is 46.1 Å². The Morgan fingerprint density at radius 3 is 2.67 bits per heavy atom. The smallest absolute Gasteiger partial charge is 0.308 e. The van der Waals surface area contributed by atoms with Gasteiger partial charge in [0.15, 0.2) is 6.10 Å². The number of rotatable bonds is 6. The number of H-pyrrole nitrogens is 1. The average Bonchev–Trinajstić information content (AvgIpc) is 3.17. The van der Waals surface area contributed by atoms with Gasteiger partial charge in [-0.25, -0.2) is 0 Å². The van der Waals surface area contributed by atoms with Crippen LogP contribution in [0.5, 0.6) is 0 Å². The van der Waals surface area contributed by atoms with Crippen LogP contribution in [0.25, 0.3) is 10.9 Å². The Hall–Kier alpha value is -3.74. The zero-order valence-corrected chi connectivity index (χ0v) is 16.4. The number of carbonyl (C=O) groups is 4. The van der Waals surface area contributed by atoms with Gasteiger partial charge in [-0.1, -0.05) is 36.4 Å². The maximum absolute atomic E-state index is 12.7. The monoisotopic (exact) mass is 404 g/mol. The fourth-order valence-electron chi connectivity index (χ4n) is 3.63. The van der Waals surface area contributed by atoms with Crippen LogP contribution in [0.2, 0.25) is 0 Å². The number of nitrogens with one attached hydrogen (secondary N) is 1. The molecule has 2 amide bonds. The van der Waals surface area contributed by atoms with Crippen molar-refractivity contribution in [3.8, 4) is 0 Å². The van der Waals surface area contributed by atoms with Gasteiger partial charge in [0, 0.05) is 34.8 Å². The van der Waals surface area contributed by atoms with Crippen LogP contribution in [0.3, 0.4) is 0 Å². The first-order valence-corrected chi connectivity index (χ1v) is 9.68. The average molecular weight is 404 g/mol. The molecule has 2 aromatic carbocycles. The molecule has 1 aliphatic rings. The van der Waals surface area contributed by atoms with Gasteiger partial charge in [0.05, 0.1) is 12.8 Å². The van der Waals surface area contributed by atoms with Crippen molar-refractivity contribution < 1.29 is 23.9 Å². The van der Waals surface area contributed by atoms with E-state index in [0.29, 0.717) is 16.7 Å². The van der Waals surface area contributed by atoms with E-state index in [4.69, 9.17) is 4.74 Å². The van der Waals surface area contributed by atoms with Crippen molar-refractivity contribution in [3.63, 3.8) is 0 Å². The van der Waals surface area contributed by atoms with Crippen LogP contribution < -0.4 is 0 Å². The van der Waals surface area contributed by atoms with Crippen LogP contribution in [0.1, 0.15) is 39.6 Å². The Labute approximate surface area is 172 Å². The van der Waals surface area contributed by atoms with E-state index in [1.807, 2.05) is 24.3 Å². The summed E-state index contributed by atoms with van der Waals surface area (Å²) >= 11 is 0. The fourth-order valence-corrected chi connectivity index (χ4v) is 3.63. The number of ether oxygens (including phenoxy) is 1. The first-order chi connectivity index (χ1) is 14.5. The highest BCUT2D eigenvalue weighted by molar-refractivity contribution is 6.11. The molecule has 1 N–H and O–H groups in total. The standard InChI is InChI=1S/C23H20N2O5/c1-14(22(28)18-13-24-19-9-5-4-8-17(18)19)30-21(27)10-11-25-20(26)12-15-6-2-3-7-16(15)23(25)29/h2-9,13-14,24H,10-12H2,1H3/t14-/m0/s1. The number of Topliss-reactive ketones (excluding diaryl/α,β-unsaturated/α-hetero) is 1. The molecule has 0 radical (unpaired) electrons. The Bertz CT molecular complexity index is 1160. The highest BCUT2D eigenvalue weighted by Gasteiger charge is 2.31. The van der Waals surface area contributed by atoms with Crippen LogP contribution in [0, 0.1) is 0 Å². The molecule has 2 heterocycles. The number of imide groups is 1. The minimum Gasteiger partial charge on any atom is -0.454 e. The summed E-state index contributed by atoms with van der Waals surface area (Å²) in [5.74, 6) is -1.73. The van der Waals surface area contributed by atoms with E-state index in [1.54, 1.807) is 30.5 Å². The summed E-state index contributed by atoms with van der Waals surface area (Å²) < 4.78 is 5.26.